The fraction of sp³-hybridized carbons (Fsp3) is 0.538. The SMILES string of the molecule is CNC(Cc1cc(Br)cc2c1OCC2)CC(F)(F)F. The van der Waals surface area contributed by atoms with E-state index in [1.165, 1.54) is 0 Å². The summed E-state index contributed by atoms with van der Waals surface area (Å²) in [5.41, 5.74) is 1.89. The molecular formula is C13H15BrF3NO. The van der Waals surface area contributed by atoms with Crippen molar-refractivity contribution in [3.05, 3.63) is 27.7 Å². The Balaban J connectivity index is 2.18. The van der Waals surface area contributed by atoms with Crippen LogP contribution in [0.5, 0.6) is 5.75 Å². The molecule has 0 saturated carbocycles. The van der Waals surface area contributed by atoms with Gasteiger partial charge in [-0.25, -0.2) is 0 Å². The number of halogens is 4. The summed E-state index contributed by atoms with van der Waals surface area (Å²) in [6.45, 7) is 0.599. The van der Waals surface area contributed by atoms with Crippen LogP contribution in [0.4, 0.5) is 13.2 Å². The largest absolute Gasteiger partial charge is 0.493 e. The van der Waals surface area contributed by atoms with Gasteiger partial charge in [0.15, 0.2) is 0 Å². The number of likely N-dealkylation sites (N-methyl/N-ethyl adjacent to an activating group) is 1. The molecule has 0 radical (unpaired) electrons. The van der Waals surface area contributed by atoms with Gasteiger partial charge in [0.2, 0.25) is 0 Å². The van der Waals surface area contributed by atoms with Crippen LogP contribution in [0.2, 0.25) is 0 Å². The lowest BCUT2D eigenvalue weighted by Gasteiger charge is -2.19. The fourth-order valence-electron chi connectivity index (χ4n) is 2.32. The first-order valence-corrected chi connectivity index (χ1v) is 6.86. The van der Waals surface area contributed by atoms with E-state index in [0.717, 1.165) is 27.8 Å². The number of ether oxygens (including phenoxy) is 1. The first kappa shape index (κ1) is 14.7. The van der Waals surface area contributed by atoms with Crippen molar-refractivity contribution in [2.75, 3.05) is 13.7 Å². The maximum atomic E-state index is 12.5. The molecule has 0 aliphatic carbocycles. The third kappa shape index (κ3) is 3.86. The van der Waals surface area contributed by atoms with Gasteiger partial charge in [0.05, 0.1) is 13.0 Å². The molecule has 0 bridgehead atoms. The Morgan fingerprint density at radius 2 is 2.16 bits per heavy atom. The van der Waals surface area contributed by atoms with E-state index in [1.54, 1.807) is 7.05 Å². The monoisotopic (exact) mass is 337 g/mol. The van der Waals surface area contributed by atoms with Crippen molar-refractivity contribution in [2.24, 2.45) is 0 Å². The van der Waals surface area contributed by atoms with Gasteiger partial charge in [-0.15, -0.1) is 0 Å². The van der Waals surface area contributed by atoms with Crippen LogP contribution in [0.15, 0.2) is 16.6 Å². The topological polar surface area (TPSA) is 21.3 Å². The van der Waals surface area contributed by atoms with Crippen LogP contribution in [0.25, 0.3) is 0 Å². The molecule has 0 amide bonds. The molecule has 0 aromatic heterocycles. The highest BCUT2D eigenvalue weighted by Crippen LogP contribution is 2.34. The molecule has 1 N–H and O–H groups in total. The molecule has 106 valence electrons. The standard InChI is InChI=1S/C13H15BrF3NO/c1-18-11(7-13(15,16)17)6-9-5-10(14)4-8-2-3-19-12(8)9/h4-5,11,18H,2-3,6-7H2,1H3. The molecule has 2 nitrogen and oxygen atoms in total. The number of benzene rings is 1. The van der Waals surface area contributed by atoms with Crippen molar-refractivity contribution >= 4 is 15.9 Å². The number of hydrogen-bond donors (Lipinski definition) is 1. The second kappa shape index (κ2) is 5.71. The minimum Gasteiger partial charge on any atom is -0.493 e. The van der Waals surface area contributed by atoms with Gasteiger partial charge in [-0.2, -0.15) is 13.2 Å². The van der Waals surface area contributed by atoms with E-state index in [9.17, 15) is 13.2 Å². The molecule has 1 aromatic rings. The predicted molar refractivity (Wildman–Crippen MR) is 70.6 cm³/mol. The Kier molecular flexibility index (Phi) is 4.40. The van der Waals surface area contributed by atoms with Crippen molar-refractivity contribution in [3.8, 4) is 5.75 Å². The van der Waals surface area contributed by atoms with Crippen molar-refractivity contribution in [1.82, 2.24) is 5.32 Å². The Morgan fingerprint density at radius 1 is 1.42 bits per heavy atom. The molecule has 1 aromatic carbocycles. The van der Waals surface area contributed by atoms with Crippen LogP contribution < -0.4 is 10.1 Å². The summed E-state index contributed by atoms with van der Waals surface area (Å²) in [6.07, 6.45) is -3.89. The maximum Gasteiger partial charge on any atom is 0.390 e. The molecule has 1 aliphatic heterocycles. The van der Waals surface area contributed by atoms with Gasteiger partial charge < -0.3 is 10.1 Å². The molecule has 0 spiro atoms. The fourth-order valence-corrected chi connectivity index (χ4v) is 2.87. The molecule has 1 atom stereocenters. The number of hydrogen-bond acceptors (Lipinski definition) is 2. The minimum absolute atomic E-state index is 0.303. The number of rotatable bonds is 4. The normalized spacial score (nSPS) is 16.1. The van der Waals surface area contributed by atoms with E-state index in [0.29, 0.717) is 13.0 Å². The van der Waals surface area contributed by atoms with Crippen molar-refractivity contribution in [3.63, 3.8) is 0 Å². The zero-order valence-electron chi connectivity index (χ0n) is 10.5. The van der Waals surface area contributed by atoms with E-state index in [-0.39, 0.29) is 0 Å². The Hall–Kier alpha value is -0.750. The second-order valence-corrected chi connectivity index (χ2v) is 5.58. The summed E-state index contributed by atoms with van der Waals surface area (Å²) in [5.74, 6) is 0.755. The van der Waals surface area contributed by atoms with E-state index in [2.05, 4.69) is 21.2 Å². The summed E-state index contributed by atoms with van der Waals surface area (Å²) in [4.78, 5) is 0. The highest BCUT2D eigenvalue weighted by atomic mass is 79.9. The van der Waals surface area contributed by atoms with Crippen LogP contribution in [-0.4, -0.2) is 25.9 Å². The minimum atomic E-state index is -4.16. The first-order valence-electron chi connectivity index (χ1n) is 6.07. The molecule has 1 unspecified atom stereocenters. The first-order chi connectivity index (χ1) is 8.89. The van der Waals surface area contributed by atoms with Gasteiger partial charge in [0.1, 0.15) is 5.75 Å². The van der Waals surface area contributed by atoms with Crippen molar-refractivity contribution in [1.29, 1.82) is 0 Å². The van der Waals surface area contributed by atoms with Crippen LogP contribution in [0, 0.1) is 0 Å². The molecule has 6 heteroatoms. The average Bonchev–Trinajstić information content (AvgIpc) is 2.74. The third-order valence-electron chi connectivity index (χ3n) is 3.18. The number of alkyl halides is 3. The maximum absolute atomic E-state index is 12.5. The molecule has 19 heavy (non-hydrogen) atoms. The van der Waals surface area contributed by atoms with E-state index in [1.807, 2.05) is 12.1 Å². The van der Waals surface area contributed by atoms with Gasteiger partial charge in [-0.1, -0.05) is 15.9 Å². The zero-order chi connectivity index (χ0) is 14.0. The van der Waals surface area contributed by atoms with E-state index < -0.39 is 18.6 Å². The Morgan fingerprint density at radius 3 is 2.79 bits per heavy atom. The predicted octanol–water partition coefficient (Wildman–Crippen LogP) is 3.47. The summed E-state index contributed by atoms with van der Waals surface area (Å²) in [6, 6.07) is 3.16. The molecule has 1 heterocycles. The zero-order valence-corrected chi connectivity index (χ0v) is 12.1. The van der Waals surface area contributed by atoms with Gasteiger partial charge in [-0.3, -0.25) is 0 Å². The lowest BCUT2D eigenvalue weighted by Crippen LogP contribution is -2.33. The van der Waals surface area contributed by atoms with Crippen LogP contribution in [-0.2, 0) is 12.8 Å². The highest BCUT2D eigenvalue weighted by Gasteiger charge is 2.32. The van der Waals surface area contributed by atoms with Crippen LogP contribution in [0.3, 0.4) is 0 Å². The van der Waals surface area contributed by atoms with Crippen LogP contribution in [0.1, 0.15) is 17.5 Å². The summed E-state index contributed by atoms with van der Waals surface area (Å²) < 4.78 is 43.8. The smallest absolute Gasteiger partial charge is 0.390 e. The summed E-state index contributed by atoms with van der Waals surface area (Å²) >= 11 is 3.39. The van der Waals surface area contributed by atoms with Crippen molar-refractivity contribution < 1.29 is 17.9 Å². The highest BCUT2D eigenvalue weighted by molar-refractivity contribution is 9.10. The van der Waals surface area contributed by atoms with Gasteiger partial charge in [0.25, 0.3) is 0 Å². The van der Waals surface area contributed by atoms with E-state index >= 15 is 0 Å². The average molecular weight is 338 g/mol. The lowest BCUT2D eigenvalue weighted by molar-refractivity contribution is -0.139. The quantitative estimate of drug-likeness (QED) is 0.908. The molecule has 2 rings (SSSR count). The summed E-state index contributed by atoms with van der Waals surface area (Å²) in [7, 11) is 1.55. The number of fused-ring (bicyclic) bond motifs is 1. The van der Waals surface area contributed by atoms with Gasteiger partial charge in [-0.05, 0) is 36.7 Å². The third-order valence-corrected chi connectivity index (χ3v) is 3.64. The van der Waals surface area contributed by atoms with Crippen molar-refractivity contribution in [2.45, 2.75) is 31.5 Å². The molecule has 0 fully saturated rings. The molecular weight excluding hydrogens is 323 g/mol. The second-order valence-electron chi connectivity index (χ2n) is 4.66. The van der Waals surface area contributed by atoms with Gasteiger partial charge in [0, 0.05) is 16.9 Å². The Bertz CT molecular complexity index is 462. The molecule has 1 aliphatic rings. The lowest BCUT2D eigenvalue weighted by atomic mass is 10.00. The summed E-state index contributed by atoms with van der Waals surface area (Å²) in [5, 5.41) is 2.73. The molecule has 0 saturated heterocycles. The Labute approximate surface area is 118 Å². The van der Waals surface area contributed by atoms with E-state index in [4.69, 9.17) is 4.74 Å². The van der Waals surface area contributed by atoms with Gasteiger partial charge >= 0.3 is 6.18 Å². The number of nitrogens with one attached hydrogen (secondary N) is 1. The van der Waals surface area contributed by atoms with Crippen LogP contribution >= 0.6 is 15.9 Å².